The Labute approximate surface area is 180 Å². The largest absolute Gasteiger partial charge is 0.506 e. The van der Waals surface area contributed by atoms with Crippen molar-refractivity contribution in [3.8, 4) is 0 Å². The molecule has 7 heteroatoms. The fourth-order valence-electron chi connectivity index (χ4n) is 4.77. The SMILES string of the molecule is OC1=CC=NN2CN3CCCCC(C(c4cccc(F)c4)c4cccc(F)c4)N3C=C12. The minimum absolute atomic E-state index is 0.0699. The van der Waals surface area contributed by atoms with Gasteiger partial charge in [-0.25, -0.2) is 13.8 Å². The van der Waals surface area contributed by atoms with Crippen molar-refractivity contribution in [2.75, 3.05) is 13.2 Å². The molecule has 0 saturated carbocycles. The first kappa shape index (κ1) is 19.8. The highest BCUT2D eigenvalue weighted by atomic mass is 19.1. The van der Waals surface area contributed by atoms with Gasteiger partial charge in [0.15, 0.2) is 0 Å². The fraction of sp³-hybridized carbons (Fsp3) is 0.292. The minimum Gasteiger partial charge on any atom is -0.506 e. The van der Waals surface area contributed by atoms with Crippen LogP contribution in [0.15, 0.2) is 77.4 Å². The van der Waals surface area contributed by atoms with Crippen LogP contribution in [-0.4, -0.2) is 45.6 Å². The first-order valence-electron chi connectivity index (χ1n) is 10.6. The second kappa shape index (κ2) is 8.15. The molecule has 1 N–H and O–H groups in total. The van der Waals surface area contributed by atoms with Crippen LogP contribution in [0.5, 0.6) is 0 Å². The van der Waals surface area contributed by atoms with Crippen molar-refractivity contribution in [2.45, 2.75) is 31.2 Å². The molecule has 0 radical (unpaired) electrons. The highest BCUT2D eigenvalue weighted by molar-refractivity contribution is 5.74. The predicted molar refractivity (Wildman–Crippen MR) is 115 cm³/mol. The molecule has 0 spiro atoms. The number of halogens is 2. The van der Waals surface area contributed by atoms with Crippen LogP contribution in [0.2, 0.25) is 0 Å². The van der Waals surface area contributed by atoms with Crippen LogP contribution in [0.4, 0.5) is 8.78 Å². The second-order valence-electron chi connectivity index (χ2n) is 8.13. The minimum atomic E-state index is -0.310. The molecule has 1 saturated heterocycles. The maximum absolute atomic E-state index is 14.2. The smallest absolute Gasteiger partial charge is 0.144 e. The molecule has 0 bridgehead atoms. The summed E-state index contributed by atoms with van der Waals surface area (Å²) < 4.78 is 28.4. The van der Waals surface area contributed by atoms with Gasteiger partial charge < -0.3 is 10.1 Å². The topological polar surface area (TPSA) is 42.3 Å². The van der Waals surface area contributed by atoms with Crippen LogP contribution < -0.4 is 0 Å². The van der Waals surface area contributed by atoms with E-state index in [9.17, 15) is 13.9 Å². The number of benzene rings is 2. The van der Waals surface area contributed by atoms with Crippen molar-refractivity contribution < 1.29 is 13.9 Å². The van der Waals surface area contributed by atoms with Crippen LogP contribution in [0.25, 0.3) is 0 Å². The maximum atomic E-state index is 14.2. The van der Waals surface area contributed by atoms with Crippen LogP contribution in [0.3, 0.4) is 0 Å². The van der Waals surface area contributed by atoms with Gasteiger partial charge in [0.05, 0.1) is 12.3 Å². The Balaban J connectivity index is 1.63. The van der Waals surface area contributed by atoms with Crippen molar-refractivity contribution in [2.24, 2.45) is 5.10 Å². The fourth-order valence-corrected chi connectivity index (χ4v) is 4.77. The Bertz CT molecular complexity index is 1020. The number of hydrazine groups is 1. The van der Waals surface area contributed by atoms with E-state index in [0.29, 0.717) is 12.4 Å². The summed E-state index contributed by atoms with van der Waals surface area (Å²) in [6, 6.07) is 13.1. The summed E-state index contributed by atoms with van der Waals surface area (Å²) in [5.41, 5.74) is 2.24. The number of aliphatic hydroxyl groups excluding tert-OH is 1. The number of hydrogen-bond acceptors (Lipinski definition) is 5. The van der Waals surface area contributed by atoms with Gasteiger partial charge in [-0.3, -0.25) is 0 Å². The molecule has 31 heavy (non-hydrogen) atoms. The summed E-state index contributed by atoms with van der Waals surface area (Å²) in [4.78, 5) is 0. The number of rotatable bonds is 3. The van der Waals surface area contributed by atoms with E-state index in [1.807, 2.05) is 18.3 Å². The molecule has 0 amide bonds. The van der Waals surface area contributed by atoms with Gasteiger partial charge in [-0.15, -0.1) is 0 Å². The molecule has 1 atom stereocenters. The van der Waals surface area contributed by atoms with E-state index in [1.54, 1.807) is 29.4 Å². The Morgan fingerprint density at radius 2 is 1.71 bits per heavy atom. The van der Waals surface area contributed by atoms with Gasteiger partial charge in [-0.2, -0.15) is 10.1 Å². The number of aliphatic hydroxyl groups is 1. The molecule has 3 aliphatic rings. The first-order chi connectivity index (χ1) is 15.1. The lowest BCUT2D eigenvalue weighted by Gasteiger charge is -2.47. The number of fused-ring (bicyclic) bond motifs is 2. The molecule has 3 heterocycles. The molecule has 1 fully saturated rings. The highest BCUT2D eigenvalue weighted by Gasteiger charge is 2.38. The monoisotopic (exact) mass is 422 g/mol. The summed E-state index contributed by atoms with van der Waals surface area (Å²) in [5, 5.41) is 20.9. The number of nitrogens with zero attached hydrogens (tertiary/aromatic N) is 4. The molecular weight excluding hydrogens is 398 g/mol. The van der Waals surface area contributed by atoms with Crippen molar-refractivity contribution >= 4 is 6.21 Å². The van der Waals surface area contributed by atoms with E-state index >= 15 is 0 Å². The molecule has 0 aliphatic carbocycles. The molecule has 2 aromatic carbocycles. The van der Waals surface area contributed by atoms with E-state index < -0.39 is 0 Å². The third kappa shape index (κ3) is 3.81. The van der Waals surface area contributed by atoms with Gasteiger partial charge in [0.25, 0.3) is 0 Å². The first-order valence-corrected chi connectivity index (χ1v) is 10.6. The van der Waals surface area contributed by atoms with Crippen molar-refractivity contribution in [3.05, 3.63) is 95.0 Å². The average molecular weight is 422 g/mol. The predicted octanol–water partition coefficient (Wildman–Crippen LogP) is 4.72. The lowest BCUT2D eigenvalue weighted by Crippen LogP contribution is -2.54. The summed E-state index contributed by atoms with van der Waals surface area (Å²) in [6.07, 6.45) is 7.92. The molecule has 5 rings (SSSR count). The van der Waals surface area contributed by atoms with E-state index in [-0.39, 0.29) is 29.4 Å². The van der Waals surface area contributed by atoms with Gasteiger partial charge in [0.1, 0.15) is 29.8 Å². The number of allylic oxidation sites excluding steroid dienone is 1. The third-order valence-electron chi connectivity index (χ3n) is 6.16. The van der Waals surface area contributed by atoms with Crippen molar-refractivity contribution in [1.29, 1.82) is 0 Å². The molecular formula is C24H24F2N4O. The molecule has 5 nitrogen and oxygen atoms in total. The summed E-state index contributed by atoms with van der Waals surface area (Å²) >= 11 is 0. The zero-order chi connectivity index (χ0) is 21.4. The molecule has 160 valence electrons. The molecule has 2 aromatic rings. The molecule has 1 unspecified atom stereocenters. The third-order valence-corrected chi connectivity index (χ3v) is 6.16. The summed E-state index contributed by atoms with van der Waals surface area (Å²) in [6.45, 7) is 1.35. The van der Waals surface area contributed by atoms with E-state index in [2.05, 4.69) is 15.1 Å². The standard InChI is InChI=1S/C24H24F2N4O/c25-19-7-3-5-17(13-19)24(18-6-4-8-20(26)14-18)21-9-1-2-12-28-16-29-22(15-30(21)28)23(31)10-11-27-29/h3-8,10-11,13-15,21,24,31H,1-2,9,12,16H2. The molecule has 3 aliphatic heterocycles. The average Bonchev–Trinajstić information content (AvgIpc) is 2.95. The van der Waals surface area contributed by atoms with Gasteiger partial charge in [0, 0.05) is 24.7 Å². The number of hydrazone groups is 1. The van der Waals surface area contributed by atoms with Crippen LogP contribution in [0, 0.1) is 11.6 Å². The van der Waals surface area contributed by atoms with Crippen LogP contribution in [-0.2, 0) is 0 Å². The Morgan fingerprint density at radius 3 is 2.39 bits per heavy atom. The Morgan fingerprint density at radius 1 is 1.00 bits per heavy atom. The summed E-state index contributed by atoms with van der Waals surface area (Å²) in [7, 11) is 0. The van der Waals surface area contributed by atoms with Crippen LogP contribution >= 0.6 is 0 Å². The van der Waals surface area contributed by atoms with Crippen LogP contribution in [0.1, 0.15) is 36.3 Å². The Kier molecular flexibility index (Phi) is 5.19. The van der Waals surface area contributed by atoms with Gasteiger partial charge >= 0.3 is 0 Å². The summed E-state index contributed by atoms with van der Waals surface area (Å²) in [5.74, 6) is -0.705. The lowest BCUT2D eigenvalue weighted by molar-refractivity contribution is -0.0641. The lowest BCUT2D eigenvalue weighted by atomic mass is 9.82. The quantitative estimate of drug-likeness (QED) is 0.777. The second-order valence-corrected chi connectivity index (χ2v) is 8.13. The molecule has 0 aromatic heterocycles. The van der Waals surface area contributed by atoms with E-state index in [4.69, 9.17) is 0 Å². The highest BCUT2D eigenvalue weighted by Crippen LogP contribution is 2.39. The van der Waals surface area contributed by atoms with Gasteiger partial charge in [-0.05, 0) is 54.7 Å². The Hall–Kier alpha value is -3.19. The van der Waals surface area contributed by atoms with E-state index in [1.165, 1.54) is 24.3 Å². The maximum Gasteiger partial charge on any atom is 0.144 e. The number of hydrogen-bond donors (Lipinski definition) is 1. The van der Waals surface area contributed by atoms with Gasteiger partial charge in [0.2, 0.25) is 0 Å². The van der Waals surface area contributed by atoms with Crippen molar-refractivity contribution in [3.63, 3.8) is 0 Å². The van der Waals surface area contributed by atoms with Crippen molar-refractivity contribution in [1.82, 2.24) is 15.0 Å². The van der Waals surface area contributed by atoms with E-state index in [0.717, 1.165) is 36.9 Å². The normalized spacial score (nSPS) is 21.3. The zero-order valence-corrected chi connectivity index (χ0v) is 17.0. The zero-order valence-electron chi connectivity index (χ0n) is 17.0. The van der Waals surface area contributed by atoms with Gasteiger partial charge in [-0.1, -0.05) is 24.3 Å².